The molecule has 1 nitrogen and oxygen atoms in total. The van der Waals surface area contributed by atoms with Crippen LogP contribution in [-0.2, 0) is 6.18 Å². The average molecular weight is 293 g/mol. The topological polar surface area (TPSA) is 12.0 Å². The highest BCUT2D eigenvalue weighted by molar-refractivity contribution is 7.02. The first-order valence-electron chi connectivity index (χ1n) is 6.38. The number of hydrogen-bond acceptors (Lipinski definition) is 1. The second-order valence-electron chi connectivity index (χ2n) is 5.55. The van der Waals surface area contributed by atoms with Gasteiger partial charge < -0.3 is 5.32 Å². The molecule has 20 heavy (non-hydrogen) atoms. The molecule has 104 valence electrons. The summed E-state index contributed by atoms with van der Waals surface area (Å²) in [7, 11) is -1.94. The molecule has 0 fully saturated rings. The van der Waals surface area contributed by atoms with Crippen molar-refractivity contribution in [2.75, 3.05) is 5.32 Å². The predicted molar refractivity (Wildman–Crippen MR) is 77.9 cm³/mol. The Morgan fingerprint density at radius 1 is 0.900 bits per heavy atom. The number of para-hydroxylation sites is 1. The molecule has 1 aliphatic rings. The van der Waals surface area contributed by atoms with Gasteiger partial charge in [0.25, 0.3) is 0 Å². The molecule has 3 rings (SSSR count). The predicted octanol–water partition coefficient (Wildman–Crippen LogP) is 3.59. The minimum atomic E-state index is -4.31. The Morgan fingerprint density at radius 3 is 2.25 bits per heavy atom. The maximum absolute atomic E-state index is 12.8. The molecule has 1 heterocycles. The van der Waals surface area contributed by atoms with Crippen molar-refractivity contribution in [1.82, 2.24) is 0 Å². The van der Waals surface area contributed by atoms with Gasteiger partial charge in [0.2, 0.25) is 0 Å². The highest BCUT2D eigenvalue weighted by Gasteiger charge is 2.37. The monoisotopic (exact) mass is 293 g/mol. The molecule has 1 aliphatic heterocycles. The lowest BCUT2D eigenvalue weighted by molar-refractivity contribution is -0.137. The molecule has 1 N–H and O–H groups in total. The van der Waals surface area contributed by atoms with E-state index in [1.54, 1.807) is 6.07 Å². The summed E-state index contributed by atoms with van der Waals surface area (Å²) < 4.78 is 38.5. The molecule has 0 aromatic heterocycles. The number of fused-ring (bicyclic) bond motifs is 2. The summed E-state index contributed by atoms with van der Waals surface area (Å²) in [6.45, 7) is 4.33. The van der Waals surface area contributed by atoms with Gasteiger partial charge in [0.15, 0.2) is 0 Å². The smallest absolute Gasteiger partial charge is 0.356 e. The molecule has 0 atom stereocenters. The quantitative estimate of drug-likeness (QED) is 0.732. The molecule has 2 aromatic carbocycles. The molecule has 0 saturated carbocycles. The number of halogens is 3. The Balaban J connectivity index is 2.18. The van der Waals surface area contributed by atoms with E-state index in [2.05, 4.69) is 24.5 Å². The lowest BCUT2D eigenvalue weighted by atomic mass is 10.1. The highest BCUT2D eigenvalue weighted by Crippen LogP contribution is 2.33. The van der Waals surface area contributed by atoms with Gasteiger partial charge in [-0.1, -0.05) is 37.4 Å². The maximum Gasteiger partial charge on any atom is 0.416 e. The zero-order valence-corrected chi connectivity index (χ0v) is 12.2. The largest absolute Gasteiger partial charge is 0.416 e. The van der Waals surface area contributed by atoms with Crippen molar-refractivity contribution in [2.45, 2.75) is 19.3 Å². The summed E-state index contributed by atoms with van der Waals surface area (Å²) in [5.41, 5.74) is 0.916. The second-order valence-corrected chi connectivity index (χ2v) is 9.88. The van der Waals surface area contributed by atoms with Crippen LogP contribution in [0.3, 0.4) is 0 Å². The molecule has 0 bridgehead atoms. The first-order chi connectivity index (χ1) is 9.30. The van der Waals surface area contributed by atoms with E-state index in [1.165, 1.54) is 17.3 Å². The number of benzene rings is 2. The van der Waals surface area contributed by atoms with E-state index in [0.29, 0.717) is 5.69 Å². The lowest BCUT2D eigenvalue weighted by Gasteiger charge is -2.34. The fourth-order valence-electron chi connectivity index (χ4n) is 2.80. The van der Waals surface area contributed by atoms with Crippen molar-refractivity contribution < 1.29 is 13.2 Å². The molecule has 0 unspecified atom stereocenters. The Hall–Kier alpha value is -1.75. The van der Waals surface area contributed by atoms with Gasteiger partial charge in [-0.05, 0) is 28.6 Å². The number of alkyl halides is 3. The van der Waals surface area contributed by atoms with Gasteiger partial charge in [0.05, 0.1) is 5.56 Å². The molecule has 5 heteroatoms. The van der Waals surface area contributed by atoms with E-state index in [9.17, 15) is 13.2 Å². The summed E-state index contributed by atoms with van der Waals surface area (Å²) in [5.74, 6) is 0. The Bertz CT molecular complexity index is 677. The summed E-state index contributed by atoms with van der Waals surface area (Å²) in [6, 6.07) is 11.9. The highest BCUT2D eigenvalue weighted by atomic mass is 28.3. The van der Waals surface area contributed by atoms with Crippen molar-refractivity contribution in [3.05, 3.63) is 48.0 Å². The molecule has 2 aromatic rings. The minimum Gasteiger partial charge on any atom is -0.356 e. The van der Waals surface area contributed by atoms with Gasteiger partial charge in [-0.2, -0.15) is 13.2 Å². The van der Waals surface area contributed by atoms with Crippen LogP contribution >= 0.6 is 0 Å². The van der Waals surface area contributed by atoms with Gasteiger partial charge in [0.1, 0.15) is 8.07 Å². The van der Waals surface area contributed by atoms with E-state index in [4.69, 9.17) is 0 Å². The fourth-order valence-corrected chi connectivity index (χ4v) is 5.73. The number of nitrogens with one attached hydrogen (secondary N) is 1. The average Bonchev–Trinajstić information content (AvgIpc) is 2.37. The second kappa shape index (κ2) is 4.12. The Labute approximate surface area is 116 Å². The maximum atomic E-state index is 12.8. The van der Waals surface area contributed by atoms with E-state index in [1.807, 2.05) is 18.2 Å². The summed E-state index contributed by atoms with van der Waals surface area (Å²) in [4.78, 5) is 0. The van der Waals surface area contributed by atoms with Crippen molar-refractivity contribution in [3.63, 3.8) is 0 Å². The Kier molecular flexibility index (Phi) is 2.73. The summed E-state index contributed by atoms with van der Waals surface area (Å²) >= 11 is 0. The first-order valence-corrected chi connectivity index (χ1v) is 9.38. The molecular formula is C15H14F3NSi. The SMILES string of the molecule is C[Si]1(C)c2ccccc2Nc2cc(C(F)(F)F)ccc21. The number of hydrogen-bond donors (Lipinski definition) is 1. The summed E-state index contributed by atoms with van der Waals surface area (Å²) in [6.07, 6.45) is -4.31. The zero-order valence-electron chi connectivity index (χ0n) is 11.2. The van der Waals surface area contributed by atoms with Gasteiger partial charge in [-0.15, -0.1) is 0 Å². The van der Waals surface area contributed by atoms with Crippen LogP contribution in [0.2, 0.25) is 13.1 Å². The minimum absolute atomic E-state index is 0.593. The van der Waals surface area contributed by atoms with Crippen LogP contribution in [0.15, 0.2) is 42.5 Å². The van der Waals surface area contributed by atoms with Crippen molar-refractivity contribution in [1.29, 1.82) is 0 Å². The van der Waals surface area contributed by atoms with E-state index in [-0.39, 0.29) is 0 Å². The zero-order chi connectivity index (χ0) is 14.5. The standard InChI is InChI=1S/C15H14F3NSi/c1-20(2)13-6-4-3-5-11(13)19-12-9-10(15(16,17)18)7-8-14(12)20/h3-9,19H,1-2H3. The van der Waals surface area contributed by atoms with Crippen molar-refractivity contribution >= 4 is 29.8 Å². The molecule has 0 aliphatic carbocycles. The van der Waals surface area contributed by atoms with Crippen LogP contribution in [0.25, 0.3) is 0 Å². The third-order valence-electron chi connectivity index (χ3n) is 3.89. The van der Waals surface area contributed by atoms with Crippen LogP contribution in [-0.4, -0.2) is 8.07 Å². The lowest BCUT2D eigenvalue weighted by Crippen LogP contribution is -2.56. The fraction of sp³-hybridized carbons (Fsp3) is 0.200. The molecule has 0 spiro atoms. The summed E-state index contributed by atoms with van der Waals surface area (Å²) in [5, 5.41) is 5.39. The normalized spacial score (nSPS) is 16.1. The van der Waals surface area contributed by atoms with Crippen molar-refractivity contribution in [2.24, 2.45) is 0 Å². The van der Waals surface area contributed by atoms with Gasteiger partial charge in [0, 0.05) is 11.4 Å². The van der Waals surface area contributed by atoms with Crippen LogP contribution < -0.4 is 15.7 Å². The number of rotatable bonds is 0. The third-order valence-corrected chi connectivity index (χ3v) is 7.46. The van der Waals surface area contributed by atoms with Gasteiger partial charge in [-0.3, -0.25) is 0 Å². The van der Waals surface area contributed by atoms with E-state index < -0.39 is 19.8 Å². The van der Waals surface area contributed by atoms with Crippen LogP contribution in [0.1, 0.15) is 5.56 Å². The first kappa shape index (κ1) is 13.2. The molecular weight excluding hydrogens is 279 g/mol. The molecule has 0 saturated heterocycles. The van der Waals surface area contributed by atoms with E-state index >= 15 is 0 Å². The van der Waals surface area contributed by atoms with Crippen LogP contribution in [0.4, 0.5) is 24.5 Å². The van der Waals surface area contributed by atoms with Gasteiger partial charge >= 0.3 is 6.18 Å². The molecule has 0 amide bonds. The van der Waals surface area contributed by atoms with Crippen LogP contribution in [0.5, 0.6) is 0 Å². The Morgan fingerprint density at radius 2 is 1.55 bits per heavy atom. The van der Waals surface area contributed by atoms with E-state index in [0.717, 1.165) is 10.9 Å². The molecule has 0 radical (unpaired) electrons. The van der Waals surface area contributed by atoms with Crippen molar-refractivity contribution in [3.8, 4) is 0 Å². The van der Waals surface area contributed by atoms with Gasteiger partial charge in [-0.25, -0.2) is 0 Å². The number of anilines is 2. The third kappa shape index (κ3) is 1.93. The van der Waals surface area contributed by atoms with Crippen LogP contribution in [0, 0.1) is 0 Å².